The Bertz CT molecular complexity index is 1610. The molecule has 0 bridgehead atoms. The maximum atomic E-state index is 12.3. The van der Waals surface area contributed by atoms with Gasteiger partial charge in [0.05, 0.1) is 35.5 Å². The lowest BCUT2D eigenvalue weighted by atomic mass is 9.85. The van der Waals surface area contributed by atoms with Gasteiger partial charge in [0, 0.05) is 23.6 Å². The topological polar surface area (TPSA) is 70.8 Å². The Morgan fingerprint density at radius 3 is 2.26 bits per heavy atom. The maximum Gasteiger partial charge on any atom is 0.149 e. The van der Waals surface area contributed by atoms with Crippen molar-refractivity contribution in [3.05, 3.63) is 136 Å². The zero-order valence-corrected chi connectivity index (χ0v) is 25.2. The number of furan rings is 1. The third-order valence-electron chi connectivity index (χ3n) is 7.72. The van der Waals surface area contributed by atoms with Crippen LogP contribution in [0, 0.1) is 5.92 Å². The summed E-state index contributed by atoms with van der Waals surface area (Å²) in [6, 6.07) is 29.7. The number of aldehydes is 1. The van der Waals surface area contributed by atoms with E-state index in [1.165, 1.54) is 0 Å². The fourth-order valence-electron chi connectivity index (χ4n) is 5.41. The van der Waals surface area contributed by atoms with Crippen LogP contribution in [-0.2, 0) is 38.6 Å². The number of thiazole rings is 1. The van der Waals surface area contributed by atoms with Crippen LogP contribution < -0.4 is 0 Å². The lowest BCUT2D eigenvalue weighted by Gasteiger charge is -2.44. The van der Waals surface area contributed by atoms with Gasteiger partial charge in [-0.1, -0.05) is 91.3 Å². The molecule has 0 amide bonds. The highest BCUT2D eigenvalue weighted by Gasteiger charge is 2.46. The summed E-state index contributed by atoms with van der Waals surface area (Å²) in [6.45, 7) is 2.76. The summed E-state index contributed by atoms with van der Waals surface area (Å²) in [6.07, 6.45) is 2.80. The normalized spacial score (nSPS) is 22.0. The SMILES string of the molecule is C[C@H]1[C@H](OCc2ccccc2)[C@@H](OCc2ccccc2)[C@H](c2ccc(Cl)c(Cc3ncc(-c4ccco4)s3)c2)O[C@@H]1C=O. The first-order chi connectivity index (χ1) is 21.1. The van der Waals surface area contributed by atoms with Gasteiger partial charge in [-0.2, -0.15) is 0 Å². The Morgan fingerprint density at radius 1 is 0.907 bits per heavy atom. The van der Waals surface area contributed by atoms with Crippen molar-refractivity contribution in [3.63, 3.8) is 0 Å². The van der Waals surface area contributed by atoms with Gasteiger partial charge in [-0.05, 0) is 40.5 Å². The molecule has 5 aromatic rings. The number of aromatic nitrogens is 1. The first-order valence-corrected chi connectivity index (χ1v) is 15.5. The third kappa shape index (κ3) is 6.98. The molecule has 3 aromatic carbocycles. The van der Waals surface area contributed by atoms with Crippen LogP contribution in [0.25, 0.3) is 10.6 Å². The highest BCUT2D eigenvalue weighted by Crippen LogP contribution is 2.40. The molecule has 1 aliphatic rings. The van der Waals surface area contributed by atoms with Crippen LogP contribution in [0.2, 0.25) is 5.02 Å². The molecular weight excluding hydrogens is 582 g/mol. The Kier molecular flexibility index (Phi) is 9.46. The number of hydrogen-bond acceptors (Lipinski definition) is 7. The molecule has 1 aliphatic heterocycles. The highest BCUT2D eigenvalue weighted by atomic mass is 35.5. The summed E-state index contributed by atoms with van der Waals surface area (Å²) in [5, 5.41) is 1.54. The van der Waals surface area contributed by atoms with Gasteiger partial charge in [-0.3, -0.25) is 0 Å². The minimum atomic E-state index is -0.656. The molecule has 5 atom stereocenters. The van der Waals surface area contributed by atoms with Crippen molar-refractivity contribution >= 4 is 29.2 Å². The first kappa shape index (κ1) is 29.5. The number of nitrogens with zero attached hydrogens (tertiary/aromatic N) is 1. The predicted molar refractivity (Wildman–Crippen MR) is 167 cm³/mol. The zero-order chi connectivity index (χ0) is 29.6. The number of benzene rings is 3. The van der Waals surface area contributed by atoms with Crippen molar-refractivity contribution in [3.8, 4) is 10.6 Å². The Hall–Kier alpha value is -3.59. The van der Waals surface area contributed by atoms with Crippen LogP contribution in [-0.4, -0.2) is 29.6 Å². The molecule has 220 valence electrons. The van der Waals surface area contributed by atoms with E-state index in [0.717, 1.165) is 44.2 Å². The summed E-state index contributed by atoms with van der Waals surface area (Å²) in [7, 11) is 0. The zero-order valence-electron chi connectivity index (χ0n) is 23.7. The lowest BCUT2D eigenvalue weighted by Crippen LogP contribution is -2.52. The quantitative estimate of drug-likeness (QED) is 0.140. The number of hydrogen-bond donors (Lipinski definition) is 0. The van der Waals surface area contributed by atoms with Gasteiger partial charge in [0.1, 0.15) is 30.4 Å². The van der Waals surface area contributed by atoms with Crippen molar-refractivity contribution in [1.82, 2.24) is 4.98 Å². The van der Waals surface area contributed by atoms with E-state index < -0.39 is 24.4 Å². The minimum absolute atomic E-state index is 0.222. The van der Waals surface area contributed by atoms with Gasteiger partial charge >= 0.3 is 0 Å². The first-order valence-electron chi connectivity index (χ1n) is 14.3. The number of rotatable bonds is 11. The molecule has 1 fully saturated rings. The number of carbonyl (C=O) groups excluding carboxylic acids is 1. The number of ether oxygens (including phenoxy) is 3. The van der Waals surface area contributed by atoms with Gasteiger partial charge < -0.3 is 23.4 Å². The fraction of sp³-hybridized carbons (Fsp3) is 0.257. The largest absolute Gasteiger partial charge is 0.463 e. The third-order valence-corrected chi connectivity index (χ3v) is 9.11. The second-order valence-electron chi connectivity index (χ2n) is 10.7. The monoisotopic (exact) mass is 613 g/mol. The molecule has 1 saturated heterocycles. The van der Waals surface area contributed by atoms with Crippen molar-refractivity contribution in [1.29, 1.82) is 0 Å². The molecule has 0 aliphatic carbocycles. The second kappa shape index (κ2) is 13.8. The molecule has 0 spiro atoms. The highest BCUT2D eigenvalue weighted by molar-refractivity contribution is 7.15. The molecule has 6 nitrogen and oxygen atoms in total. The molecule has 0 N–H and O–H groups in total. The molecule has 0 saturated carbocycles. The summed E-state index contributed by atoms with van der Waals surface area (Å²) in [5.41, 5.74) is 3.87. The predicted octanol–water partition coefficient (Wildman–Crippen LogP) is 8.09. The minimum Gasteiger partial charge on any atom is -0.463 e. The van der Waals surface area contributed by atoms with Crippen LogP contribution in [0.15, 0.2) is 108 Å². The van der Waals surface area contributed by atoms with Crippen LogP contribution >= 0.6 is 22.9 Å². The van der Waals surface area contributed by atoms with Gasteiger partial charge in [0.15, 0.2) is 0 Å². The maximum absolute atomic E-state index is 12.3. The van der Waals surface area contributed by atoms with Crippen LogP contribution in [0.4, 0.5) is 0 Å². The summed E-state index contributed by atoms with van der Waals surface area (Å²) < 4.78 is 25.2. The van der Waals surface area contributed by atoms with Gasteiger partial charge in [-0.15, -0.1) is 11.3 Å². The Morgan fingerprint density at radius 2 is 1.60 bits per heavy atom. The molecular formula is C35H32ClNO5S. The van der Waals surface area contributed by atoms with E-state index >= 15 is 0 Å². The average Bonchev–Trinajstić information content (AvgIpc) is 3.75. The summed E-state index contributed by atoms with van der Waals surface area (Å²) >= 11 is 8.27. The van der Waals surface area contributed by atoms with Crippen molar-refractivity contribution in [2.45, 2.75) is 51.0 Å². The second-order valence-corrected chi connectivity index (χ2v) is 12.2. The smallest absolute Gasteiger partial charge is 0.149 e. The van der Waals surface area contributed by atoms with Crippen LogP contribution in [0.1, 0.15) is 40.3 Å². The van der Waals surface area contributed by atoms with Crippen LogP contribution in [0.5, 0.6) is 0 Å². The Balaban J connectivity index is 1.30. The molecule has 2 aromatic heterocycles. The van der Waals surface area contributed by atoms with Gasteiger partial charge in [0.25, 0.3) is 0 Å². The lowest BCUT2D eigenvalue weighted by molar-refractivity contribution is -0.228. The molecule has 43 heavy (non-hydrogen) atoms. The molecule has 0 radical (unpaired) electrons. The van der Waals surface area contributed by atoms with E-state index in [9.17, 15) is 4.79 Å². The molecule has 0 unspecified atom stereocenters. The summed E-state index contributed by atoms with van der Waals surface area (Å²) in [4.78, 5) is 17.8. The fourth-order valence-corrected chi connectivity index (χ4v) is 6.50. The average molecular weight is 614 g/mol. The standard InChI is InChI=1S/C35H32ClNO5S/c1-23-30(20-38)42-34(26-14-15-28(36)27(17-26)18-32-37-19-31(43-32)29-13-8-16-39-29)35(41-22-25-11-6-3-7-12-25)33(23)40-21-24-9-4-2-5-10-24/h2-17,19-20,23,30,33-35H,18,21-22H2,1H3/t23-,30-,33+,34+,35-/m1/s1. The Labute approximate surface area is 260 Å². The molecule has 8 heteroatoms. The number of carbonyl (C=O) groups is 1. The molecule has 3 heterocycles. The summed E-state index contributed by atoms with van der Waals surface area (Å²) in [5.74, 6) is 0.563. The number of halogens is 1. The van der Waals surface area contributed by atoms with Crippen molar-refractivity contribution < 1.29 is 23.4 Å². The van der Waals surface area contributed by atoms with E-state index in [-0.39, 0.29) is 5.92 Å². The van der Waals surface area contributed by atoms with E-state index in [0.29, 0.717) is 24.7 Å². The van der Waals surface area contributed by atoms with E-state index in [2.05, 4.69) is 4.98 Å². The van der Waals surface area contributed by atoms with Crippen molar-refractivity contribution in [2.24, 2.45) is 5.92 Å². The van der Waals surface area contributed by atoms with E-state index in [1.807, 2.05) is 104 Å². The van der Waals surface area contributed by atoms with E-state index in [1.54, 1.807) is 17.6 Å². The van der Waals surface area contributed by atoms with Crippen molar-refractivity contribution in [2.75, 3.05) is 0 Å². The van der Waals surface area contributed by atoms with Gasteiger partial charge in [0.2, 0.25) is 0 Å². The van der Waals surface area contributed by atoms with E-state index in [4.69, 9.17) is 30.2 Å². The molecule has 6 rings (SSSR count). The van der Waals surface area contributed by atoms with Crippen LogP contribution in [0.3, 0.4) is 0 Å². The van der Waals surface area contributed by atoms with Gasteiger partial charge in [-0.25, -0.2) is 4.98 Å².